The number of aromatic nitrogens is 2. The summed E-state index contributed by atoms with van der Waals surface area (Å²) in [6.45, 7) is 0. The van der Waals surface area contributed by atoms with Crippen molar-refractivity contribution in [2.24, 2.45) is 0 Å². The topological polar surface area (TPSA) is 78.1 Å². The van der Waals surface area contributed by atoms with E-state index in [1.54, 1.807) is 24.3 Å². The van der Waals surface area contributed by atoms with Gasteiger partial charge in [0.25, 0.3) is 0 Å². The van der Waals surface area contributed by atoms with Crippen molar-refractivity contribution in [3.63, 3.8) is 0 Å². The first-order valence-corrected chi connectivity index (χ1v) is 5.09. The molecule has 1 aromatic heterocycles. The number of carbonyl (C=O) groups excluding carboxylic acids is 1. The number of carbonyl (C=O) groups is 1. The highest BCUT2D eigenvalue weighted by Crippen LogP contribution is 2.16. The van der Waals surface area contributed by atoms with E-state index in [-0.39, 0.29) is 11.6 Å². The van der Waals surface area contributed by atoms with E-state index in [0.717, 1.165) is 0 Å². The van der Waals surface area contributed by atoms with E-state index in [1.807, 2.05) is 0 Å². The van der Waals surface area contributed by atoms with Gasteiger partial charge in [0.15, 0.2) is 0 Å². The molecule has 0 saturated carbocycles. The summed E-state index contributed by atoms with van der Waals surface area (Å²) >= 11 is 5.70. The first-order chi connectivity index (χ1) is 8.15. The number of nitrogen functional groups attached to an aromatic ring is 1. The van der Waals surface area contributed by atoms with E-state index in [0.29, 0.717) is 10.8 Å². The number of hydrogen-bond donors (Lipinski definition) is 1. The maximum atomic E-state index is 11.6. The third-order valence-corrected chi connectivity index (χ3v) is 2.14. The van der Waals surface area contributed by atoms with E-state index in [1.165, 1.54) is 12.3 Å². The lowest BCUT2D eigenvalue weighted by Gasteiger charge is -2.03. The van der Waals surface area contributed by atoms with Crippen molar-refractivity contribution in [1.82, 2.24) is 9.97 Å². The Bertz CT molecular complexity index is 543. The van der Waals surface area contributed by atoms with Gasteiger partial charge in [-0.05, 0) is 30.3 Å². The maximum absolute atomic E-state index is 11.6. The molecule has 2 N–H and O–H groups in total. The highest BCUT2D eigenvalue weighted by Gasteiger charge is 2.11. The van der Waals surface area contributed by atoms with Crippen LogP contribution < -0.4 is 10.5 Å². The summed E-state index contributed by atoms with van der Waals surface area (Å²) in [4.78, 5) is 19.1. The molecule has 17 heavy (non-hydrogen) atoms. The summed E-state index contributed by atoms with van der Waals surface area (Å²) in [5.74, 6) is -0.173. The van der Waals surface area contributed by atoms with Crippen LogP contribution in [0.2, 0.25) is 5.02 Å². The average Bonchev–Trinajstić information content (AvgIpc) is 2.32. The van der Waals surface area contributed by atoms with Crippen LogP contribution in [0.4, 0.5) is 5.82 Å². The molecule has 0 aliphatic heterocycles. The van der Waals surface area contributed by atoms with Crippen molar-refractivity contribution in [3.05, 3.63) is 47.4 Å². The van der Waals surface area contributed by atoms with Gasteiger partial charge in [-0.1, -0.05) is 11.6 Å². The molecule has 0 saturated heterocycles. The number of nitrogens with two attached hydrogens (primary N) is 1. The zero-order valence-corrected chi connectivity index (χ0v) is 9.39. The predicted molar refractivity (Wildman–Crippen MR) is 62.9 cm³/mol. The van der Waals surface area contributed by atoms with Crippen molar-refractivity contribution in [3.8, 4) is 5.75 Å². The van der Waals surface area contributed by atoms with E-state index >= 15 is 0 Å². The third-order valence-electron chi connectivity index (χ3n) is 1.88. The van der Waals surface area contributed by atoms with Crippen molar-refractivity contribution < 1.29 is 9.53 Å². The smallest absolute Gasteiger partial charge is 0.381 e. The Morgan fingerprint density at radius 3 is 2.59 bits per heavy atom. The SMILES string of the molecule is Nc1ccnc(C(=O)Oc2ccc(Cl)cc2)n1. The third kappa shape index (κ3) is 2.92. The maximum Gasteiger partial charge on any atom is 0.381 e. The van der Waals surface area contributed by atoms with Crippen molar-refractivity contribution >= 4 is 23.4 Å². The standard InChI is InChI=1S/C11H8ClN3O2/c12-7-1-3-8(4-2-7)17-11(16)10-14-6-5-9(13)15-10/h1-6H,(H2,13,14,15). The molecule has 0 unspecified atom stereocenters. The second kappa shape index (κ2) is 4.80. The number of ether oxygens (including phenoxy) is 1. The van der Waals surface area contributed by atoms with E-state index in [9.17, 15) is 4.79 Å². The molecule has 0 spiro atoms. The second-order valence-electron chi connectivity index (χ2n) is 3.15. The van der Waals surface area contributed by atoms with Gasteiger partial charge in [0.1, 0.15) is 11.6 Å². The molecule has 0 atom stereocenters. The quantitative estimate of drug-likeness (QED) is 0.650. The molecule has 0 radical (unpaired) electrons. The van der Waals surface area contributed by atoms with E-state index in [4.69, 9.17) is 22.1 Å². The van der Waals surface area contributed by atoms with Crippen LogP contribution >= 0.6 is 11.6 Å². The molecule has 0 bridgehead atoms. The summed E-state index contributed by atoms with van der Waals surface area (Å²) in [7, 11) is 0. The lowest BCUT2D eigenvalue weighted by Crippen LogP contribution is -2.13. The molecule has 86 valence electrons. The van der Waals surface area contributed by atoms with E-state index in [2.05, 4.69) is 9.97 Å². The monoisotopic (exact) mass is 249 g/mol. The first kappa shape index (κ1) is 11.3. The number of esters is 1. The van der Waals surface area contributed by atoms with Gasteiger partial charge in [-0.2, -0.15) is 0 Å². The van der Waals surface area contributed by atoms with Gasteiger partial charge in [-0.15, -0.1) is 0 Å². The fourth-order valence-electron chi connectivity index (χ4n) is 1.13. The number of anilines is 1. The lowest BCUT2D eigenvalue weighted by molar-refractivity contribution is 0.0722. The van der Waals surface area contributed by atoms with Crippen LogP contribution in [-0.2, 0) is 0 Å². The number of halogens is 1. The van der Waals surface area contributed by atoms with Gasteiger partial charge in [0, 0.05) is 11.2 Å². The van der Waals surface area contributed by atoms with Gasteiger partial charge in [-0.3, -0.25) is 0 Å². The van der Waals surface area contributed by atoms with Crippen LogP contribution in [0.1, 0.15) is 10.6 Å². The molecular weight excluding hydrogens is 242 g/mol. The van der Waals surface area contributed by atoms with Crippen molar-refractivity contribution in [1.29, 1.82) is 0 Å². The molecule has 0 aliphatic carbocycles. The summed E-state index contributed by atoms with van der Waals surface area (Å²) in [5, 5.41) is 0.560. The summed E-state index contributed by atoms with van der Waals surface area (Å²) < 4.78 is 5.03. The fraction of sp³-hybridized carbons (Fsp3) is 0. The number of rotatable bonds is 2. The highest BCUT2D eigenvalue weighted by molar-refractivity contribution is 6.30. The summed E-state index contributed by atoms with van der Waals surface area (Å²) in [6.07, 6.45) is 1.39. The number of benzene rings is 1. The number of nitrogens with zero attached hydrogens (tertiary/aromatic N) is 2. The van der Waals surface area contributed by atoms with Crippen LogP contribution in [-0.4, -0.2) is 15.9 Å². The highest BCUT2D eigenvalue weighted by atomic mass is 35.5. The van der Waals surface area contributed by atoms with E-state index < -0.39 is 5.97 Å². The molecular formula is C11H8ClN3O2. The molecule has 1 heterocycles. The largest absolute Gasteiger partial charge is 0.421 e. The molecule has 0 aliphatic rings. The predicted octanol–water partition coefficient (Wildman–Crippen LogP) is 1.93. The molecule has 5 nitrogen and oxygen atoms in total. The summed E-state index contributed by atoms with van der Waals surface area (Å²) in [5.41, 5.74) is 5.43. The van der Waals surface area contributed by atoms with Crippen LogP contribution in [0.25, 0.3) is 0 Å². The first-order valence-electron chi connectivity index (χ1n) is 4.71. The lowest BCUT2D eigenvalue weighted by atomic mass is 10.3. The molecule has 6 heteroatoms. The Morgan fingerprint density at radius 2 is 1.94 bits per heavy atom. The Balaban J connectivity index is 2.14. The molecule has 1 aromatic carbocycles. The van der Waals surface area contributed by atoms with Crippen LogP contribution in [0.3, 0.4) is 0 Å². The van der Waals surface area contributed by atoms with Crippen molar-refractivity contribution in [2.45, 2.75) is 0 Å². The molecule has 2 rings (SSSR count). The van der Waals surface area contributed by atoms with Crippen LogP contribution in [0, 0.1) is 0 Å². The van der Waals surface area contributed by atoms with Gasteiger partial charge < -0.3 is 10.5 Å². The Hall–Kier alpha value is -2.14. The second-order valence-corrected chi connectivity index (χ2v) is 3.58. The van der Waals surface area contributed by atoms with Crippen molar-refractivity contribution in [2.75, 3.05) is 5.73 Å². The molecule has 0 fully saturated rings. The minimum atomic E-state index is -0.667. The minimum Gasteiger partial charge on any atom is -0.421 e. The minimum absolute atomic E-state index is 0.0834. The summed E-state index contributed by atoms with van der Waals surface area (Å²) in [6, 6.07) is 7.87. The zero-order chi connectivity index (χ0) is 12.3. The fourth-order valence-corrected chi connectivity index (χ4v) is 1.25. The average molecular weight is 250 g/mol. The van der Waals surface area contributed by atoms with Gasteiger partial charge in [0.05, 0.1) is 0 Å². The van der Waals surface area contributed by atoms with Gasteiger partial charge in [-0.25, -0.2) is 14.8 Å². The van der Waals surface area contributed by atoms with Crippen LogP contribution in [0.5, 0.6) is 5.75 Å². The van der Waals surface area contributed by atoms with Crippen LogP contribution in [0.15, 0.2) is 36.5 Å². The Labute approximate surface area is 102 Å². The molecule has 0 amide bonds. The van der Waals surface area contributed by atoms with Gasteiger partial charge >= 0.3 is 5.97 Å². The Kier molecular flexibility index (Phi) is 3.20. The van der Waals surface area contributed by atoms with Gasteiger partial charge in [0.2, 0.25) is 5.82 Å². The Morgan fingerprint density at radius 1 is 1.24 bits per heavy atom. The number of hydrogen-bond acceptors (Lipinski definition) is 5. The molecule has 2 aromatic rings. The normalized spacial score (nSPS) is 9.94. The zero-order valence-electron chi connectivity index (χ0n) is 8.63.